The summed E-state index contributed by atoms with van der Waals surface area (Å²) in [6.45, 7) is 1.61. The second-order valence-corrected chi connectivity index (χ2v) is 7.72. The first-order valence-corrected chi connectivity index (χ1v) is 10.5. The maximum atomic E-state index is 12.4. The van der Waals surface area contributed by atoms with Gasteiger partial charge in [0.15, 0.2) is 0 Å². The summed E-state index contributed by atoms with van der Waals surface area (Å²) in [5, 5.41) is 25.6. The highest BCUT2D eigenvalue weighted by molar-refractivity contribution is 6.03. The summed E-state index contributed by atoms with van der Waals surface area (Å²) < 4.78 is 0. The number of anilines is 3. The average Bonchev–Trinajstić information content (AvgIpc) is 2.83. The number of rotatable bonds is 9. The number of aliphatic hydroxyl groups excluding tert-OH is 1. The fraction of sp³-hybridized carbons (Fsp3) is 0.208. The highest BCUT2D eigenvalue weighted by Crippen LogP contribution is 2.24. The Balaban J connectivity index is 1.92. The summed E-state index contributed by atoms with van der Waals surface area (Å²) in [7, 11) is 3.39. The molecule has 0 aliphatic rings. The van der Waals surface area contributed by atoms with Crippen molar-refractivity contribution in [3.05, 3.63) is 77.0 Å². The summed E-state index contributed by atoms with van der Waals surface area (Å²) >= 11 is 0. The second kappa shape index (κ2) is 11.0. The van der Waals surface area contributed by atoms with Crippen LogP contribution in [-0.2, 0) is 0 Å². The van der Waals surface area contributed by atoms with E-state index < -0.39 is 11.9 Å². The Hall–Kier alpha value is -4.31. The van der Waals surface area contributed by atoms with Crippen LogP contribution in [-0.4, -0.2) is 58.8 Å². The molecule has 0 radical (unpaired) electrons. The molecular weight excluding hydrogens is 434 g/mol. The number of amides is 2. The average molecular weight is 462 g/mol. The van der Waals surface area contributed by atoms with E-state index in [1.165, 1.54) is 11.1 Å². The predicted octanol–water partition coefficient (Wildman–Crippen LogP) is 2.71. The molecular formula is C24H27N7O3. The first-order chi connectivity index (χ1) is 16.3. The van der Waals surface area contributed by atoms with Gasteiger partial charge in [0.1, 0.15) is 11.4 Å². The van der Waals surface area contributed by atoms with Crippen LogP contribution in [0.4, 0.5) is 17.5 Å². The summed E-state index contributed by atoms with van der Waals surface area (Å²) in [5.74, 6) is -0.249. The molecule has 3 rings (SSSR count). The van der Waals surface area contributed by atoms with Gasteiger partial charge in [0.2, 0.25) is 5.95 Å². The van der Waals surface area contributed by atoms with Crippen molar-refractivity contribution in [2.24, 2.45) is 0 Å². The van der Waals surface area contributed by atoms with Crippen LogP contribution in [0.5, 0.6) is 0 Å². The van der Waals surface area contributed by atoms with Gasteiger partial charge in [0.05, 0.1) is 19.0 Å². The third-order valence-corrected chi connectivity index (χ3v) is 5.05. The molecule has 0 spiro atoms. The lowest BCUT2D eigenvalue weighted by molar-refractivity contribution is 0.0826. The summed E-state index contributed by atoms with van der Waals surface area (Å²) in [6, 6.07) is 14.0. The molecule has 2 aromatic carbocycles. The van der Waals surface area contributed by atoms with E-state index in [4.69, 9.17) is 5.41 Å². The van der Waals surface area contributed by atoms with E-state index in [1.807, 2.05) is 43.3 Å². The lowest BCUT2D eigenvalue weighted by Gasteiger charge is -2.19. The van der Waals surface area contributed by atoms with Crippen molar-refractivity contribution in [1.29, 1.82) is 5.41 Å². The van der Waals surface area contributed by atoms with Crippen LogP contribution in [0.3, 0.4) is 0 Å². The summed E-state index contributed by atoms with van der Waals surface area (Å²) in [6.07, 6.45) is 2.12. The molecule has 5 N–H and O–H groups in total. The van der Waals surface area contributed by atoms with Crippen molar-refractivity contribution in [3.63, 3.8) is 0 Å². The van der Waals surface area contributed by atoms with E-state index in [9.17, 15) is 14.7 Å². The highest BCUT2D eigenvalue weighted by atomic mass is 16.3. The molecule has 0 saturated heterocycles. The number of aryl methyl sites for hydroxylation is 1. The molecule has 176 valence electrons. The van der Waals surface area contributed by atoms with Crippen molar-refractivity contribution >= 4 is 35.6 Å². The molecule has 0 fully saturated rings. The van der Waals surface area contributed by atoms with Crippen LogP contribution in [0.2, 0.25) is 0 Å². The van der Waals surface area contributed by atoms with E-state index in [0.717, 1.165) is 17.5 Å². The van der Waals surface area contributed by atoms with Gasteiger partial charge in [-0.05, 0) is 36.2 Å². The van der Waals surface area contributed by atoms with Gasteiger partial charge in [-0.25, -0.2) is 4.98 Å². The van der Waals surface area contributed by atoms with Crippen LogP contribution in [0.15, 0.2) is 54.7 Å². The Morgan fingerprint density at radius 2 is 1.88 bits per heavy atom. The molecule has 0 saturated carbocycles. The SMILES string of the molecule is Cc1cc(Nc2ncc(C(=O)NC=N)c(N[C@H](CO)c3ccccc3)n2)ccc1C(=O)N(C)C. The van der Waals surface area contributed by atoms with Crippen LogP contribution >= 0.6 is 0 Å². The van der Waals surface area contributed by atoms with Gasteiger partial charge in [-0.15, -0.1) is 0 Å². The number of aliphatic hydroxyl groups is 1. The molecule has 2 amide bonds. The Labute approximate surface area is 197 Å². The van der Waals surface area contributed by atoms with Gasteiger partial charge < -0.3 is 26.0 Å². The van der Waals surface area contributed by atoms with E-state index in [-0.39, 0.29) is 29.8 Å². The molecule has 10 heteroatoms. The number of carbonyl (C=O) groups is 2. The number of aromatic nitrogens is 2. The van der Waals surface area contributed by atoms with Crippen molar-refractivity contribution in [2.75, 3.05) is 31.3 Å². The molecule has 1 atom stereocenters. The number of benzene rings is 2. The predicted molar refractivity (Wildman–Crippen MR) is 131 cm³/mol. The minimum absolute atomic E-state index is 0.0932. The zero-order valence-corrected chi connectivity index (χ0v) is 19.2. The minimum Gasteiger partial charge on any atom is -0.394 e. The smallest absolute Gasteiger partial charge is 0.261 e. The normalized spacial score (nSPS) is 11.3. The van der Waals surface area contributed by atoms with E-state index >= 15 is 0 Å². The van der Waals surface area contributed by atoms with Crippen molar-refractivity contribution in [1.82, 2.24) is 20.2 Å². The number of carbonyl (C=O) groups excluding carboxylic acids is 2. The van der Waals surface area contributed by atoms with Gasteiger partial charge in [-0.2, -0.15) is 4.98 Å². The Morgan fingerprint density at radius 1 is 1.15 bits per heavy atom. The Kier molecular flexibility index (Phi) is 7.88. The first-order valence-electron chi connectivity index (χ1n) is 10.5. The largest absolute Gasteiger partial charge is 0.394 e. The molecule has 34 heavy (non-hydrogen) atoms. The van der Waals surface area contributed by atoms with Gasteiger partial charge in [0.25, 0.3) is 11.8 Å². The lowest BCUT2D eigenvalue weighted by atomic mass is 10.1. The third-order valence-electron chi connectivity index (χ3n) is 5.05. The third kappa shape index (κ3) is 5.73. The van der Waals surface area contributed by atoms with Gasteiger partial charge in [-0.1, -0.05) is 30.3 Å². The molecule has 0 unspecified atom stereocenters. The molecule has 1 heterocycles. The van der Waals surface area contributed by atoms with Crippen molar-refractivity contribution < 1.29 is 14.7 Å². The Morgan fingerprint density at radius 3 is 2.50 bits per heavy atom. The fourth-order valence-electron chi connectivity index (χ4n) is 3.30. The molecule has 10 nitrogen and oxygen atoms in total. The molecule has 1 aromatic heterocycles. The second-order valence-electron chi connectivity index (χ2n) is 7.72. The van der Waals surface area contributed by atoms with Gasteiger partial charge in [0, 0.05) is 31.5 Å². The van der Waals surface area contributed by atoms with Crippen LogP contribution in [0.1, 0.15) is 37.9 Å². The van der Waals surface area contributed by atoms with E-state index in [1.54, 1.807) is 26.2 Å². The molecule has 0 bridgehead atoms. The molecule has 0 aliphatic carbocycles. The highest BCUT2D eigenvalue weighted by Gasteiger charge is 2.19. The minimum atomic E-state index is -0.559. The molecule has 0 aliphatic heterocycles. The summed E-state index contributed by atoms with van der Waals surface area (Å²) in [5.41, 5.74) is 2.97. The first kappa shape index (κ1) is 24.3. The number of hydrogen-bond donors (Lipinski definition) is 5. The topological polar surface area (TPSA) is 143 Å². The Bertz CT molecular complexity index is 1180. The van der Waals surface area contributed by atoms with E-state index in [0.29, 0.717) is 11.3 Å². The number of nitrogens with zero attached hydrogens (tertiary/aromatic N) is 3. The van der Waals surface area contributed by atoms with Crippen LogP contribution in [0.25, 0.3) is 0 Å². The number of hydrogen-bond acceptors (Lipinski definition) is 8. The van der Waals surface area contributed by atoms with Crippen LogP contribution < -0.4 is 16.0 Å². The zero-order chi connectivity index (χ0) is 24.7. The summed E-state index contributed by atoms with van der Waals surface area (Å²) in [4.78, 5) is 34.9. The maximum absolute atomic E-state index is 12.4. The molecule has 3 aromatic rings. The van der Waals surface area contributed by atoms with Crippen molar-refractivity contribution in [2.45, 2.75) is 13.0 Å². The number of nitrogens with one attached hydrogen (secondary N) is 4. The van der Waals surface area contributed by atoms with Crippen LogP contribution in [0, 0.1) is 12.3 Å². The van der Waals surface area contributed by atoms with Gasteiger partial charge in [-0.3, -0.25) is 15.0 Å². The monoisotopic (exact) mass is 461 g/mol. The van der Waals surface area contributed by atoms with Gasteiger partial charge >= 0.3 is 0 Å². The quantitative estimate of drug-likeness (QED) is 0.243. The van der Waals surface area contributed by atoms with E-state index in [2.05, 4.69) is 25.9 Å². The zero-order valence-electron chi connectivity index (χ0n) is 19.2. The maximum Gasteiger partial charge on any atom is 0.261 e. The van der Waals surface area contributed by atoms with Crippen molar-refractivity contribution in [3.8, 4) is 0 Å². The fourth-order valence-corrected chi connectivity index (χ4v) is 3.30. The standard InChI is InChI=1S/C24H27N7O3/c1-15-11-17(9-10-18(15)23(34)31(2)3)28-24-26-12-19(22(33)27-14-25)21(30-24)29-20(13-32)16-7-5-4-6-8-16/h4-12,14,20,32H,13H2,1-3H3,(H2,25,27,33)(H2,26,28,29,30)/t20-/m1/s1. The lowest BCUT2D eigenvalue weighted by Crippen LogP contribution is -2.25.